The Morgan fingerprint density at radius 2 is 1.94 bits per heavy atom. The number of halogens is 1. The van der Waals surface area contributed by atoms with E-state index in [0.29, 0.717) is 11.6 Å². The topological polar surface area (TPSA) is 38.3 Å². The highest BCUT2D eigenvalue weighted by Crippen LogP contribution is 2.34. The van der Waals surface area contributed by atoms with Crippen molar-refractivity contribution in [3.05, 3.63) is 29.3 Å². The summed E-state index contributed by atoms with van der Waals surface area (Å²) in [6, 6.07) is 7.42. The van der Waals surface area contributed by atoms with Gasteiger partial charge < -0.3 is 10.1 Å². The third-order valence-corrected chi connectivity index (χ3v) is 3.60. The van der Waals surface area contributed by atoms with Crippen molar-refractivity contribution in [1.82, 2.24) is 0 Å². The maximum absolute atomic E-state index is 12.1. The summed E-state index contributed by atoms with van der Waals surface area (Å²) in [4.78, 5) is 12.1. The molecule has 1 aromatic carbocycles. The fourth-order valence-electron chi connectivity index (χ4n) is 2.44. The van der Waals surface area contributed by atoms with Crippen molar-refractivity contribution >= 4 is 23.3 Å². The number of ether oxygens (including phenoxy) is 1. The molecular formula is C14H18ClNO2. The largest absolute Gasteiger partial charge is 0.464 e. The third-order valence-electron chi connectivity index (χ3n) is 3.35. The molecule has 0 bridgehead atoms. The van der Waals surface area contributed by atoms with Gasteiger partial charge in [-0.3, -0.25) is 0 Å². The number of esters is 1. The monoisotopic (exact) mass is 267 g/mol. The summed E-state index contributed by atoms with van der Waals surface area (Å²) in [5, 5.41) is 4.02. The van der Waals surface area contributed by atoms with Gasteiger partial charge >= 0.3 is 5.97 Å². The van der Waals surface area contributed by atoms with Gasteiger partial charge in [-0.1, -0.05) is 24.4 Å². The number of rotatable bonds is 4. The Morgan fingerprint density at radius 1 is 1.33 bits per heavy atom. The van der Waals surface area contributed by atoms with E-state index in [1.807, 2.05) is 31.2 Å². The molecule has 4 heteroatoms. The second kappa shape index (κ2) is 5.61. The van der Waals surface area contributed by atoms with Crippen LogP contribution in [-0.2, 0) is 9.53 Å². The fraction of sp³-hybridized carbons (Fsp3) is 0.500. The molecule has 0 radical (unpaired) electrons. The summed E-state index contributed by atoms with van der Waals surface area (Å²) in [6.45, 7) is 2.26. The zero-order valence-electron chi connectivity index (χ0n) is 10.5. The van der Waals surface area contributed by atoms with E-state index in [1.54, 1.807) is 0 Å². The minimum atomic E-state index is -0.552. The van der Waals surface area contributed by atoms with E-state index in [9.17, 15) is 4.79 Å². The average Bonchev–Trinajstić information content (AvgIpc) is 2.82. The van der Waals surface area contributed by atoms with Gasteiger partial charge in [0.25, 0.3) is 0 Å². The first kappa shape index (κ1) is 13.2. The Bertz CT molecular complexity index is 410. The SMILES string of the molecule is CCOC(=O)C1(Nc2ccc(Cl)cc2)CCCC1. The number of benzene rings is 1. The van der Waals surface area contributed by atoms with Crippen LogP contribution in [0, 0.1) is 0 Å². The van der Waals surface area contributed by atoms with Gasteiger partial charge in [-0.15, -0.1) is 0 Å². The first-order valence-electron chi connectivity index (χ1n) is 6.37. The maximum atomic E-state index is 12.1. The molecule has 1 fully saturated rings. The normalized spacial score (nSPS) is 17.4. The number of nitrogens with one attached hydrogen (secondary N) is 1. The maximum Gasteiger partial charge on any atom is 0.331 e. The van der Waals surface area contributed by atoms with Crippen molar-refractivity contribution in [3.8, 4) is 0 Å². The average molecular weight is 268 g/mol. The number of hydrogen-bond donors (Lipinski definition) is 1. The zero-order chi connectivity index (χ0) is 13.0. The molecule has 0 aromatic heterocycles. The Labute approximate surface area is 112 Å². The number of hydrogen-bond acceptors (Lipinski definition) is 3. The number of carbonyl (C=O) groups excluding carboxylic acids is 1. The Kier molecular flexibility index (Phi) is 4.12. The Hall–Kier alpha value is -1.22. The van der Waals surface area contributed by atoms with Crippen LogP contribution in [0.3, 0.4) is 0 Å². The van der Waals surface area contributed by atoms with Crippen LogP contribution in [0.2, 0.25) is 5.02 Å². The van der Waals surface area contributed by atoms with Crippen molar-refractivity contribution in [2.24, 2.45) is 0 Å². The van der Waals surface area contributed by atoms with E-state index in [4.69, 9.17) is 16.3 Å². The molecule has 1 saturated carbocycles. The van der Waals surface area contributed by atoms with Crippen LogP contribution in [-0.4, -0.2) is 18.1 Å². The Morgan fingerprint density at radius 3 is 2.50 bits per heavy atom. The number of carbonyl (C=O) groups is 1. The summed E-state index contributed by atoms with van der Waals surface area (Å²) in [5.74, 6) is -0.141. The minimum absolute atomic E-state index is 0.141. The van der Waals surface area contributed by atoms with Gasteiger partial charge in [-0.25, -0.2) is 4.79 Å². The van der Waals surface area contributed by atoms with Gasteiger partial charge in [-0.05, 0) is 44.0 Å². The Balaban J connectivity index is 2.15. The first-order chi connectivity index (χ1) is 8.66. The van der Waals surface area contributed by atoms with Gasteiger partial charge in [-0.2, -0.15) is 0 Å². The van der Waals surface area contributed by atoms with Gasteiger partial charge in [0.1, 0.15) is 5.54 Å². The summed E-state index contributed by atoms with van der Waals surface area (Å²) in [5.41, 5.74) is 0.360. The van der Waals surface area contributed by atoms with Crippen molar-refractivity contribution in [2.45, 2.75) is 38.1 Å². The molecule has 0 unspecified atom stereocenters. The quantitative estimate of drug-likeness (QED) is 0.847. The molecule has 0 amide bonds. The lowest BCUT2D eigenvalue weighted by molar-refractivity contribution is -0.148. The molecule has 1 aromatic rings. The molecule has 1 aliphatic rings. The predicted octanol–water partition coefficient (Wildman–Crippen LogP) is 3.63. The molecule has 0 heterocycles. The lowest BCUT2D eigenvalue weighted by Crippen LogP contribution is -2.45. The van der Waals surface area contributed by atoms with Crippen LogP contribution >= 0.6 is 11.6 Å². The zero-order valence-corrected chi connectivity index (χ0v) is 11.3. The van der Waals surface area contributed by atoms with Gasteiger partial charge in [0, 0.05) is 10.7 Å². The van der Waals surface area contributed by atoms with Gasteiger partial charge in [0.2, 0.25) is 0 Å². The fourth-order valence-corrected chi connectivity index (χ4v) is 2.56. The van der Waals surface area contributed by atoms with Crippen molar-refractivity contribution in [1.29, 1.82) is 0 Å². The molecule has 18 heavy (non-hydrogen) atoms. The lowest BCUT2D eigenvalue weighted by Gasteiger charge is -2.28. The van der Waals surface area contributed by atoms with Crippen molar-refractivity contribution in [2.75, 3.05) is 11.9 Å². The molecular weight excluding hydrogens is 250 g/mol. The standard InChI is InChI=1S/C14H18ClNO2/c1-2-18-13(17)14(9-3-4-10-14)16-12-7-5-11(15)6-8-12/h5-8,16H,2-4,9-10H2,1H3. The second-order valence-electron chi connectivity index (χ2n) is 4.64. The van der Waals surface area contributed by atoms with E-state index in [0.717, 1.165) is 31.4 Å². The van der Waals surface area contributed by atoms with E-state index in [1.165, 1.54) is 0 Å². The van der Waals surface area contributed by atoms with E-state index in [-0.39, 0.29) is 5.97 Å². The number of anilines is 1. The van der Waals surface area contributed by atoms with E-state index < -0.39 is 5.54 Å². The van der Waals surface area contributed by atoms with Gasteiger partial charge in [0.15, 0.2) is 0 Å². The highest BCUT2D eigenvalue weighted by atomic mass is 35.5. The van der Waals surface area contributed by atoms with E-state index >= 15 is 0 Å². The van der Waals surface area contributed by atoms with Crippen LogP contribution in [0.4, 0.5) is 5.69 Å². The molecule has 0 atom stereocenters. The summed E-state index contributed by atoms with van der Waals surface area (Å²) >= 11 is 5.86. The van der Waals surface area contributed by atoms with Crippen LogP contribution < -0.4 is 5.32 Å². The summed E-state index contributed by atoms with van der Waals surface area (Å²) in [6.07, 6.45) is 3.77. The first-order valence-corrected chi connectivity index (χ1v) is 6.75. The van der Waals surface area contributed by atoms with Crippen molar-refractivity contribution < 1.29 is 9.53 Å². The predicted molar refractivity (Wildman–Crippen MR) is 72.9 cm³/mol. The molecule has 1 aliphatic carbocycles. The minimum Gasteiger partial charge on any atom is -0.464 e. The molecule has 1 N–H and O–H groups in total. The highest BCUT2D eigenvalue weighted by Gasteiger charge is 2.42. The van der Waals surface area contributed by atoms with E-state index in [2.05, 4.69) is 5.32 Å². The molecule has 2 rings (SSSR count). The molecule has 3 nitrogen and oxygen atoms in total. The molecule has 98 valence electrons. The summed E-state index contributed by atoms with van der Waals surface area (Å²) < 4.78 is 5.20. The van der Waals surface area contributed by atoms with Crippen LogP contribution in [0.15, 0.2) is 24.3 Å². The molecule has 0 aliphatic heterocycles. The lowest BCUT2D eigenvalue weighted by atomic mass is 9.97. The van der Waals surface area contributed by atoms with Crippen LogP contribution in [0.25, 0.3) is 0 Å². The molecule has 0 saturated heterocycles. The molecule has 0 spiro atoms. The summed E-state index contributed by atoms with van der Waals surface area (Å²) in [7, 11) is 0. The third kappa shape index (κ3) is 2.78. The van der Waals surface area contributed by atoms with Crippen LogP contribution in [0.5, 0.6) is 0 Å². The van der Waals surface area contributed by atoms with Crippen LogP contribution in [0.1, 0.15) is 32.6 Å². The highest BCUT2D eigenvalue weighted by molar-refractivity contribution is 6.30. The van der Waals surface area contributed by atoms with Crippen molar-refractivity contribution in [3.63, 3.8) is 0 Å². The second-order valence-corrected chi connectivity index (χ2v) is 5.08. The smallest absolute Gasteiger partial charge is 0.331 e. The van der Waals surface area contributed by atoms with Gasteiger partial charge in [0.05, 0.1) is 6.61 Å².